The Morgan fingerprint density at radius 2 is 1.82 bits per heavy atom. The highest BCUT2D eigenvalue weighted by atomic mass is 32.2. The molecule has 33 heavy (non-hydrogen) atoms. The Labute approximate surface area is 193 Å². The van der Waals surface area contributed by atoms with Crippen LogP contribution in [0.4, 0.5) is 10.1 Å². The van der Waals surface area contributed by atoms with Gasteiger partial charge in [0.05, 0.1) is 11.5 Å². The van der Waals surface area contributed by atoms with E-state index in [9.17, 15) is 17.6 Å². The van der Waals surface area contributed by atoms with Crippen molar-refractivity contribution in [2.24, 2.45) is 0 Å². The third kappa shape index (κ3) is 4.76. The summed E-state index contributed by atoms with van der Waals surface area (Å²) in [6, 6.07) is 11.7. The van der Waals surface area contributed by atoms with Crippen molar-refractivity contribution < 1.29 is 22.0 Å². The number of hydrogen-bond acceptors (Lipinski definition) is 5. The van der Waals surface area contributed by atoms with Gasteiger partial charge in [0.2, 0.25) is 0 Å². The lowest BCUT2D eigenvalue weighted by atomic mass is 10.1. The summed E-state index contributed by atoms with van der Waals surface area (Å²) in [4.78, 5) is 17.5. The fraction of sp³-hybridized carbons (Fsp3) is 0.400. The Balaban J connectivity index is 1.67. The van der Waals surface area contributed by atoms with Crippen LogP contribution in [-0.2, 0) is 16.4 Å². The number of carbonyl (C=O) groups is 1. The topological polar surface area (TPSA) is 70.8 Å². The number of aryl methyl sites for hydroxylation is 1. The zero-order chi connectivity index (χ0) is 23.8. The number of amides is 1. The third-order valence-corrected chi connectivity index (χ3v) is 8.17. The zero-order valence-corrected chi connectivity index (χ0v) is 20.0. The molecule has 1 amide bonds. The second kappa shape index (κ2) is 9.17. The van der Waals surface area contributed by atoms with E-state index in [1.807, 2.05) is 24.3 Å². The quantitative estimate of drug-likeness (QED) is 0.504. The number of hydrogen-bond donors (Lipinski definition) is 0. The van der Waals surface area contributed by atoms with E-state index in [0.29, 0.717) is 23.0 Å². The van der Waals surface area contributed by atoms with E-state index in [-0.39, 0.29) is 29.7 Å². The first kappa shape index (κ1) is 23.3. The van der Waals surface area contributed by atoms with Crippen molar-refractivity contribution in [3.63, 3.8) is 0 Å². The summed E-state index contributed by atoms with van der Waals surface area (Å²) < 4.78 is 43.9. The highest BCUT2D eigenvalue weighted by molar-refractivity contribution is 7.91. The van der Waals surface area contributed by atoms with E-state index in [1.165, 1.54) is 18.2 Å². The van der Waals surface area contributed by atoms with Crippen molar-refractivity contribution in [1.82, 2.24) is 4.90 Å². The highest BCUT2D eigenvalue weighted by Crippen LogP contribution is 2.30. The van der Waals surface area contributed by atoms with E-state index in [0.717, 1.165) is 24.3 Å². The smallest absolute Gasteiger partial charge is 0.290 e. The summed E-state index contributed by atoms with van der Waals surface area (Å²) in [7, 11) is -3.19. The van der Waals surface area contributed by atoms with Crippen LogP contribution in [0.15, 0.2) is 46.9 Å². The van der Waals surface area contributed by atoms with Gasteiger partial charge in [-0.05, 0) is 63.1 Å². The summed E-state index contributed by atoms with van der Waals surface area (Å²) in [5.41, 5.74) is 2.99. The first-order valence-corrected chi connectivity index (χ1v) is 13.1. The van der Waals surface area contributed by atoms with Gasteiger partial charge in [0.25, 0.3) is 5.91 Å². The summed E-state index contributed by atoms with van der Waals surface area (Å²) in [5.74, 6) is -0.660. The molecule has 3 aromatic rings. The van der Waals surface area contributed by atoms with Gasteiger partial charge >= 0.3 is 0 Å². The molecule has 0 bridgehead atoms. The first-order valence-electron chi connectivity index (χ1n) is 11.3. The summed E-state index contributed by atoms with van der Waals surface area (Å²) in [6.07, 6.45) is 0.388. The highest BCUT2D eigenvalue weighted by Gasteiger charge is 2.36. The Kier molecular flexibility index (Phi) is 6.47. The fourth-order valence-corrected chi connectivity index (χ4v) is 6.24. The molecule has 0 unspecified atom stereocenters. The lowest BCUT2D eigenvalue weighted by Gasteiger charge is -2.28. The molecular weight excluding hydrogens is 443 g/mol. The normalized spacial score (nSPS) is 17.4. The number of rotatable bonds is 7. The van der Waals surface area contributed by atoms with Gasteiger partial charge in [-0.2, -0.15) is 0 Å². The number of halogens is 1. The van der Waals surface area contributed by atoms with Crippen molar-refractivity contribution in [2.75, 3.05) is 29.5 Å². The lowest BCUT2D eigenvalue weighted by Crippen LogP contribution is -2.40. The van der Waals surface area contributed by atoms with Crippen molar-refractivity contribution in [3.05, 3.63) is 65.2 Å². The fourth-order valence-electron chi connectivity index (χ4n) is 4.51. The maximum Gasteiger partial charge on any atom is 0.290 e. The van der Waals surface area contributed by atoms with E-state index in [2.05, 4.69) is 18.7 Å². The zero-order valence-electron chi connectivity index (χ0n) is 19.2. The molecule has 1 saturated heterocycles. The van der Waals surface area contributed by atoms with Crippen LogP contribution in [0.25, 0.3) is 11.0 Å². The number of fused-ring (bicyclic) bond motifs is 1. The van der Waals surface area contributed by atoms with Gasteiger partial charge in [0.15, 0.2) is 15.6 Å². The predicted molar refractivity (Wildman–Crippen MR) is 128 cm³/mol. The predicted octanol–water partition coefficient (Wildman–Crippen LogP) is 4.56. The SMILES string of the molecule is CCN(CC)c1ccc(CN(C(=O)c2oc3ccc(F)cc3c2C)[C@H]2CCS(=O)(=O)C2)cc1. The van der Waals surface area contributed by atoms with Gasteiger partial charge in [-0.1, -0.05) is 12.1 Å². The van der Waals surface area contributed by atoms with Gasteiger partial charge in [-0.25, -0.2) is 12.8 Å². The molecule has 0 N–H and O–H groups in total. The van der Waals surface area contributed by atoms with Crippen molar-refractivity contribution in [3.8, 4) is 0 Å². The van der Waals surface area contributed by atoms with E-state index < -0.39 is 21.7 Å². The first-order chi connectivity index (χ1) is 15.7. The summed E-state index contributed by atoms with van der Waals surface area (Å²) in [6.45, 7) is 7.97. The minimum atomic E-state index is -3.19. The molecule has 2 heterocycles. The van der Waals surface area contributed by atoms with Crippen LogP contribution in [0.2, 0.25) is 0 Å². The molecule has 2 aromatic carbocycles. The standard InChI is InChI=1S/C25H29FN2O4S/c1-4-27(5-2)20-9-6-18(7-10-20)15-28(21-12-13-33(30,31)16-21)25(29)24-17(3)22-14-19(26)8-11-23(22)32-24/h6-11,14,21H,4-5,12-13,15-16H2,1-3H3/t21-/m0/s1. The lowest BCUT2D eigenvalue weighted by molar-refractivity contribution is 0.0649. The van der Waals surface area contributed by atoms with Crippen LogP contribution < -0.4 is 4.90 Å². The monoisotopic (exact) mass is 472 g/mol. The molecule has 176 valence electrons. The maximum absolute atomic E-state index is 13.7. The minimum Gasteiger partial charge on any atom is -0.451 e. The van der Waals surface area contributed by atoms with Gasteiger partial charge < -0.3 is 14.2 Å². The molecule has 1 aliphatic rings. The molecule has 8 heteroatoms. The average molecular weight is 473 g/mol. The van der Waals surface area contributed by atoms with Crippen molar-refractivity contribution in [2.45, 2.75) is 39.8 Å². The molecule has 4 rings (SSSR count). The Hall–Kier alpha value is -2.87. The number of furan rings is 1. The molecule has 0 saturated carbocycles. The van der Waals surface area contributed by atoms with E-state index in [4.69, 9.17) is 4.42 Å². The third-order valence-electron chi connectivity index (χ3n) is 6.42. The molecule has 0 spiro atoms. The van der Waals surface area contributed by atoms with Crippen LogP contribution in [0.3, 0.4) is 0 Å². The molecule has 1 aromatic heterocycles. The Morgan fingerprint density at radius 3 is 2.42 bits per heavy atom. The summed E-state index contributed by atoms with van der Waals surface area (Å²) in [5, 5.41) is 0.543. The number of sulfone groups is 1. The molecule has 1 aliphatic heterocycles. The van der Waals surface area contributed by atoms with E-state index in [1.54, 1.807) is 11.8 Å². The van der Waals surface area contributed by atoms with Crippen molar-refractivity contribution >= 4 is 32.4 Å². The number of anilines is 1. The molecule has 0 radical (unpaired) electrons. The average Bonchev–Trinajstić information content (AvgIpc) is 3.32. The molecule has 1 fully saturated rings. The second-order valence-corrected chi connectivity index (χ2v) is 10.8. The molecule has 1 atom stereocenters. The summed E-state index contributed by atoms with van der Waals surface area (Å²) >= 11 is 0. The van der Waals surface area contributed by atoms with Crippen LogP contribution in [-0.4, -0.2) is 49.9 Å². The van der Waals surface area contributed by atoms with Gasteiger partial charge in [-0.3, -0.25) is 4.79 Å². The number of benzene rings is 2. The Bertz CT molecular complexity index is 1260. The molecular formula is C25H29FN2O4S. The van der Waals surface area contributed by atoms with Crippen LogP contribution in [0.5, 0.6) is 0 Å². The molecule has 0 aliphatic carbocycles. The maximum atomic E-state index is 13.7. The van der Waals surface area contributed by atoms with Crippen LogP contribution >= 0.6 is 0 Å². The van der Waals surface area contributed by atoms with Gasteiger partial charge in [-0.15, -0.1) is 0 Å². The number of nitrogens with zero attached hydrogens (tertiary/aromatic N) is 2. The Morgan fingerprint density at radius 1 is 1.12 bits per heavy atom. The van der Waals surface area contributed by atoms with Crippen LogP contribution in [0, 0.1) is 12.7 Å². The largest absolute Gasteiger partial charge is 0.451 e. The number of carbonyl (C=O) groups excluding carboxylic acids is 1. The van der Waals surface area contributed by atoms with E-state index >= 15 is 0 Å². The molecule has 6 nitrogen and oxygen atoms in total. The van der Waals surface area contributed by atoms with Crippen LogP contribution in [0.1, 0.15) is 41.9 Å². The van der Waals surface area contributed by atoms with Gasteiger partial charge in [0, 0.05) is 42.3 Å². The van der Waals surface area contributed by atoms with Gasteiger partial charge in [0.1, 0.15) is 11.4 Å². The minimum absolute atomic E-state index is 0.0622. The van der Waals surface area contributed by atoms with Crippen molar-refractivity contribution in [1.29, 1.82) is 0 Å². The second-order valence-electron chi connectivity index (χ2n) is 8.53.